The molecule has 114 valence electrons. The number of aryl methyl sites for hydroxylation is 2. The van der Waals surface area contributed by atoms with Gasteiger partial charge in [-0.2, -0.15) is 19.3 Å². The van der Waals surface area contributed by atoms with E-state index >= 15 is 0 Å². The van der Waals surface area contributed by atoms with Crippen LogP contribution in [0.4, 0.5) is 11.9 Å². The standard InChI is InChI=1S/C10H15N7O3S/c1-5-8(6(2)20-16-5)21(18,19)17(3)4-7-13-9(11)15-10(12)14-7/h4H2,1-3H3,(H4,11,12,13,14,15). The number of anilines is 2. The average molecular weight is 313 g/mol. The lowest BCUT2D eigenvalue weighted by Gasteiger charge is -2.16. The molecule has 4 N–H and O–H groups in total. The summed E-state index contributed by atoms with van der Waals surface area (Å²) >= 11 is 0. The Morgan fingerprint density at radius 3 is 2.19 bits per heavy atom. The van der Waals surface area contributed by atoms with Crippen LogP contribution in [0.2, 0.25) is 0 Å². The molecular weight excluding hydrogens is 298 g/mol. The summed E-state index contributed by atoms with van der Waals surface area (Å²) < 4.78 is 30.9. The van der Waals surface area contributed by atoms with E-state index in [1.54, 1.807) is 6.92 Å². The van der Waals surface area contributed by atoms with Gasteiger partial charge in [0.05, 0.1) is 6.54 Å². The predicted octanol–water partition coefficient (Wildman–Crippen LogP) is -0.538. The lowest BCUT2D eigenvalue weighted by molar-refractivity contribution is 0.389. The molecule has 0 saturated heterocycles. The molecule has 11 heteroatoms. The average Bonchev–Trinajstić information content (AvgIpc) is 2.67. The maximum atomic E-state index is 12.5. The van der Waals surface area contributed by atoms with E-state index in [0.29, 0.717) is 0 Å². The highest BCUT2D eigenvalue weighted by Gasteiger charge is 2.29. The summed E-state index contributed by atoms with van der Waals surface area (Å²) in [5.74, 6) is 0.230. The molecule has 2 aromatic rings. The highest BCUT2D eigenvalue weighted by Crippen LogP contribution is 2.23. The molecule has 2 heterocycles. The maximum Gasteiger partial charge on any atom is 0.248 e. The number of nitrogen functional groups attached to an aromatic ring is 2. The molecule has 0 aromatic carbocycles. The first-order valence-electron chi connectivity index (χ1n) is 5.87. The van der Waals surface area contributed by atoms with Gasteiger partial charge in [-0.3, -0.25) is 0 Å². The molecule has 10 nitrogen and oxygen atoms in total. The van der Waals surface area contributed by atoms with Gasteiger partial charge in [0.1, 0.15) is 10.6 Å². The summed E-state index contributed by atoms with van der Waals surface area (Å²) in [5.41, 5.74) is 11.2. The first-order valence-corrected chi connectivity index (χ1v) is 7.31. The van der Waals surface area contributed by atoms with Crippen molar-refractivity contribution in [2.24, 2.45) is 0 Å². The molecule has 21 heavy (non-hydrogen) atoms. The van der Waals surface area contributed by atoms with Crippen molar-refractivity contribution in [3.8, 4) is 0 Å². The van der Waals surface area contributed by atoms with Crippen molar-refractivity contribution >= 4 is 21.9 Å². The Kier molecular flexibility index (Phi) is 3.78. The van der Waals surface area contributed by atoms with Crippen LogP contribution in [-0.2, 0) is 16.6 Å². The van der Waals surface area contributed by atoms with Gasteiger partial charge in [-0.05, 0) is 13.8 Å². The molecule has 0 aliphatic heterocycles. The smallest absolute Gasteiger partial charge is 0.248 e. The van der Waals surface area contributed by atoms with Gasteiger partial charge in [-0.25, -0.2) is 8.42 Å². The lowest BCUT2D eigenvalue weighted by atomic mass is 10.4. The van der Waals surface area contributed by atoms with Gasteiger partial charge in [0, 0.05) is 7.05 Å². The highest BCUT2D eigenvalue weighted by atomic mass is 32.2. The van der Waals surface area contributed by atoms with Crippen molar-refractivity contribution < 1.29 is 12.9 Å². The molecule has 0 atom stereocenters. The van der Waals surface area contributed by atoms with Crippen LogP contribution < -0.4 is 11.5 Å². The molecule has 0 spiro atoms. The van der Waals surface area contributed by atoms with Gasteiger partial charge in [0.25, 0.3) is 0 Å². The second-order valence-corrected chi connectivity index (χ2v) is 6.36. The molecule has 0 unspecified atom stereocenters. The van der Waals surface area contributed by atoms with Crippen molar-refractivity contribution in [1.82, 2.24) is 24.4 Å². The minimum Gasteiger partial charge on any atom is -0.368 e. The van der Waals surface area contributed by atoms with Crippen LogP contribution in [0, 0.1) is 13.8 Å². The van der Waals surface area contributed by atoms with Crippen LogP contribution in [0.5, 0.6) is 0 Å². The first-order chi connectivity index (χ1) is 9.71. The number of aromatic nitrogens is 4. The zero-order valence-corrected chi connectivity index (χ0v) is 12.5. The number of hydrogen-bond donors (Lipinski definition) is 2. The minimum absolute atomic E-state index is 0.0278. The topological polar surface area (TPSA) is 154 Å². The summed E-state index contributed by atoms with van der Waals surface area (Å²) in [6.45, 7) is 2.97. The van der Waals surface area contributed by atoms with Crippen molar-refractivity contribution in [1.29, 1.82) is 0 Å². The fraction of sp³-hybridized carbons (Fsp3) is 0.400. The van der Waals surface area contributed by atoms with Gasteiger partial charge in [0.2, 0.25) is 21.9 Å². The van der Waals surface area contributed by atoms with E-state index in [1.165, 1.54) is 14.0 Å². The van der Waals surface area contributed by atoms with Gasteiger partial charge in [-0.15, -0.1) is 0 Å². The van der Waals surface area contributed by atoms with Crippen molar-refractivity contribution in [3.05, 3.63) is 17.3 Å². The number of nitrogens with two attached hydrogens (primary N) is 2. The van der Waals surface area contributed by atoms with E-state index in [1.807, 2.05) is 0 Å². The third kappa shape index (κ3) is 2.92. The van der Waals surface area contributed by atoms with E-state index in [-0.39, 0.29) is 40.6 Å². The van der Waals surface area contributed by atoms with Crippen LogP contribution in [0.25, 0.3) is 0 Å². The fourth-order valence-electron chi connectivity index (χ4n) is 1.81. The van der Waals surface area contributed by atoms with Crippen LogP contribution in [0.1, 0.15) is 17.3 Å². The van der Waals surface area contributed by atoms with Crippen molar-refractivity contribution in [2.75, 3.05) is 18.5 Å². The van der Waals surface area contributed by atoms with E-state index in [9.17, 15) is 8.42 Å². The SMILES string of the molecule is Cc1noc(C)c1S(=O)(=O)N(C)Cc1nc(N)nc(N)n1. The Balaban J connectivity index is 2.33. The molecule has 0 fully saturated rings. The summed E-state index contributed by atoms with van der Waals surface area (Å²) in [6.07, 6.45) is 0. The zero-order valence-electron chi connectivity index (χ0n) is 11.7. The van der Waals surface area contributed by atoms with E-state index in [4.69, 9.17) is 16.0 Å². The van der Waals surface area contributed by atoms with Crippen LogP contribution in [0.3, 0.4) is 0 Å². The second kappa shape index (κ2) is 5.26. The first kappa shape index (κ1) is 15.1. The normalized spacial score (nSPS) is 12.0. The van der Waals surface area contributed by atoms with E-state index in [2.05, 4.69) is 20.1 Å². The lowest BCUT2D eigenvalue weighted by Crippen LogP contribution is -2.28. The molecule has 2 aromatic heterocycles. The maximum absolute atomic E-state index is 12.5. The Morgan fingerprint density at radius 2 is 1.71 bits per heavy atom. The third-order valence-corrected chi connectivity index (χ3v) is 4.77. The van der Waals surface area contributed by atoms with E-state index < -0.39 is 10.0 Å². The Hall–Kier alpha value is -2.27. The predicted molar refractivity (Wildman–Crippen MR) is 73.3 cm³/mol. The molecular formula is C10H15N7O3S. The number of sulfonamides is 1. The van der Waals surface area contributed by atoms with Crippen molar-refractivity contribution in [3.63, 3.8) is 0 Å². The monoisotopic (exact) mass is 313 g/mol. The van der Waals surface area contributed by atoms with Gasteiger partial charge in [-0.1, -0.05) is 5.16 Å². The Morgan fingerprint density at radius 1 is 1.14 bits per heavy atom. The summed E-state index contributed by atoms with van der Waals surface area (Å²) in [4.78, 5) is 11.3. The molecule has 0 aliphatic carbocycles. The third-order valence-electron chi connectivity index (χ3n) is 2.72. The largest absolute Gasteiger partial charge is 0.368 e. The summed E-state index contributed by atoms with van der Waals surface area (Å²) in [5, 5.41) is 3.64. The van der Waals surface area contributed by atoms with Gasteiger partial charge >= 0.3 is 0 Å². The fourth-order valence-corrected chi connectivity index (χ4v) is 3.22. The molecule has 2 rings (SSSR count). The quantitative estimate of drug-likeness (QED) is 0.757. The zero-order chi connectivity index (χ0) is 15.8. The summed E-state index contributed by atoms with van der Waals surface area (Å²) in [6, 6.07) is 0. The minimum atomic E-state index is -3.79. The molecule has 0 radical (unpaired) electrons. The van der Waals surface area contributed by atoms with E-state index in [0.717, 1.165) is 4.31 Å². The second-order valence-electron chi connectivity index (χ2n) is 4.38. The Bertz CT molecular complexity index is 731. The van der Waals surface area contributed by atoms with Crippen LogP contribution in [-0.4, -0.2) is 39.9 Å². The highest BCUT2D eigenvalue weighted by molar-refractivity contribution is 7.89. The number of hydrogen-bond acceptors (Lipinski definition) is 9. The molecule has 0 saturated carbocycles. The van der Waals surface area contributed by atoms with Gasteiger partial charge in [0.15, 0.2) is 11.6 Å². The number of rotatable bonds is 4. The molecule has 0 amide bonds. The Labute approximate surface area is 121 Å². The number of nitrogens with zero attached hydrogens (tertiary/aromatic N) is 5. The van der Waals surface area contributed by atoms with Gasteiger partial charge < -0.3 is 16.0 Å². The van der Waals surface area contributed by atoms with Crippen molar-refractivity contribution in [2.45, 2.75) is 25.3 Å². The van der Waals surface area contributed by atoms with Crippen LogP contribution in [0.15, 0.2) is 9.42 Å². The molecule has 0 bridgehead atoms. The summed E-state index contributed by atoms with van der Waals surface area (Å²) in [7, 11) is -2.40. The van der Waals surface area contributed by atoms with Crippen LogP contribution >= 0.6 is 0 Å². The molecule has 0 aliphatic rings.